The molecule has 0 aromatic heterocycles. The number of amides is 3. The Bertz CT molecular complexity index is 772. The molecule has 0 spiro atoms. The summed E-state index contributed by atoms with van der Waals surface area (Å²) in [6.07, 6.45) is 6.48. The molecule has 156 valence electrons. The molecule has 0 aliphatic carbocycles. The van der Waals surface area contributed by atoms with Gasteiger partial charge in [-0.25, -0.2) is 5.48 Å². The number of para-hydroxylation sites is 1. The number of likely N-dealkylation sites (tertiary alicyclic amines) is 1. The zero-order chi connectivity index (χ0) is 20.6. The number of nitrogens with zero attached hydrogens (tertiary/aromatic N) is 2. The predicted octanol–water partition coefficient (Wildman–Crippen LogP) is 1.30. The summed E-state index contributed by atoms with van der Waals surface area (Å²) < 4.78 is 0. The van der Waals surface area contributed by atoms with E-state index < -0.39 is 5.91 Å². The van der Waals surface area contributed by atoms with E-state index in [4.69, 9.17) is 5.21 Å². The number of nitrogens with one attached hydrogen (secondary N) is 2. The Kier molecular flexibility index (Phi) is 7.24. The van der Waals surface area contributed by atoms with Gasteiger partial charge in [-0.05, 0) is 37.0 Å². The van der Waals surface area contributed by atoms with Crippen LogP contribution in [0, 0.1) is 0 Å². The standard InChI is InChI=1S/C21H28N4O4/c26-19(11-15-25-12-3-6-21(25)28)22-17-9-13-24(14-10-17)18-5-2-1-4-16(18)7-8-20(27)23-29/h1-2,4-5,7-8,17,29H,3,6,9-15H2,(H,22,26)(H,23,27). The van der Waals surface area contributed by atoms with Crippen molar-refractivity contribution in [1.82, 2.24) is 15.7 Å². The van der Waals surface area contributed by atoms with Crippen molar-refractivity contribution >= 4 is 29.5 Å². The molecule has 8 heteroatoms. The summed E-state index contributed by atoms with van der Waals surface area (Å²) in [6.45, 7) is 2.86. The molecule has 0 bridgehead atoms. The molecule has 29 heavy (non-hydrogen) atoms. The minimum Gasteiger partial charge on any atom is -0.371 e. The number of benzene rings is 1. The Labute approximate surface area is 170 Å². The zero-order valence-corrected chi connectivity index (χ0v) is 16.5. The Morgan fingerprint density at radius 3 is 2.62 bits per heavy atom. The van der Waals surface area contributed by atoms with Crippen LogP contribution in [0.4, 0.5) is 5.69 Å². The highest BCUT2D eigenvalue weighted by Crippen LogP contribution is 2.25. The van der Waals surface area contributed by atoms with Crippen molar-refractivity contribution in [3.05, 3.63) is 35.9 Å². The Hall–Kier alpha value is -2.87. The van der Waals surface area contributed by atoms with Crippen molar-refractivity contribution in [2.24, 2.45) is 0 Å². The molecule has 3 N–H and O–H groups in total. The lowest BCUT2D eigenvalue weighted by Gasteiger charge is -2.35. The second kappa shape index (κ2) is 10.1. The SMILES string of the molecule is O=C(C=Cc1ccccc1N1CCC(NC(=O)CCN2CCCC2=O)CC1)NO. The topological polar surface area (TPSA) is 102 Å². The van der Waals surface area contributed by atoms with E-state index in [1.807, 2.05) is 24.3 Å². The van der Waals surface area contributed by atoms with Crippen LogP contribution in [-0.4, -0.2) is 60.0 Å². The van der Waals surface area contributed by atoms with Gasteiger partial charge in [0.1, 0.15) is 0 Å². The average Bonchev–Trinajstić information content (AvgIpc) is 3.16. The fraction of sp³-hybridized carbons (Fsp3) is 0.476. The van der Waals surface area contributed by atoms with Crippen LogP contribution in [-0.2, 0) is 14.4 Å². The quantitative estimate of drug-likeness (QED) is 0.364. The maximum atomic E-state index is 12.2. The lowest BCUT2D eigenvalue weighted by molar-refractivity contribution is -0.128. The number of hydroxylamine groups is 1. The van der Waals surface area contributed by atoms with Gasteiger partial charge in [0.05, 0.1) is 0 Å². The van der Waals surface area contributed by atoms with Gasteiger partial charge in [-0.15, -0.1) is 0 Å². The predicted molar refractivity (Wildman–Crippen MR) is 109 cm³/mol. The highest BCUT2D eigenvalue weighted by Gasteiger charge is 2.24. The molecule has 0 atom stereocenters. The Balaban J connectivity index is 1.48. The first-order valence-corrected chi connectivity index (χ1v) is 10.1. The number of piperidine rings is 1. The van der Waals surface area contributed by atoms with Gasteiger partial charge < -0.3 is 15.1 Å². The molecule has 1 aromatic carbocycles. The summed E-state index contributed by atoms with van der Waals surface area (Å²) in [4.78, 5) is 39.1. The van der Waals surface area contributed by atoms with Crippen LogP contribution in [0.25, 0.3) is 6.08 Å². The largest absolute Gasteiger partial charge is 0.371 e. The lowest BCUT2D eigenvalue weighted by Crippen LogP contribution is -2.45. The first kappa shape index (κ1) is 20.9. The van der Waals surface area contributed by atoms with Crippen LogP contribution >= 0.6 is 0 Å². The molecule has 3 amide bonds. The van der Waals surface area contributed by atoms with Crippen LogP contribution in [0.15, 0.2) is 30.3 Å². The smallest absolute Gasteiger partial charge is 0.267 e. The van der Waals surface area contributed by atoms with Gasteiger partial charge in [0, 0.05) is 56.8 Å². The van der Waals surface area contributed by atoms with E-state index in [2.05, 4.69) is 10.2 Å². The van der Waals surface area contributed by atoms with Gasteiger partial charge in [0.2, 0.25) is 11.8 Å². The molecule has 2 saturated heterocycles. The van der Waals surface area contributed by atoms with Crippen LogP contribution in [0.1, 0.15) is 37.7 Å². The third-order valence-corrected chi connectivity index (χ3v) is 5.44. The average molecular weight is 400 g/mol. The van der Waals surface area contributed by atoms with Gasteiger partial charge in [-0.3, -0.25) is 19.6 Å². The van der Waals surface area contributed by atoms with E-state index in [0.717, 1.165) is 50.1 Å². The van der Waals surface area contributed by atoms with E-state index in [0.29, 0.717) is 19.4 Å². The van der Waals surface area contributed by atoms with Crippen molar-refractivity contribution in [3.8, 4) is 0 Å². The molecule has 2 aliphatic rings. The van der Waals surface area contributed by atoms with Crippen molar-refractivity contribution in [2.45, 2.75) is 38.1 Å². The summed E-state index contributed by atoms with van der Waals surface area (Å²) in [7, 11) is 0. The fourth-order valence-corrected chi connectivity index (χ4v) is 3.86. The highest BCUT2D eigenvalue weighted by atomic mass is 16.5. The Morgan fingerprint density at radius 2 is 1.93 bits per heavy atom. The second-order valence-electron chi connectivity index (χ2n) is 7.43. The van der Waals surface area contributed by atoms with Gasteiger partial charge in [-0.2, -0.15) is 0 Å². The summed E-state index contributed by atoms with van der Waals surface area (Å²) in [5.41, 5.74) is 3.50. The molecule has 0 radical (unpaired) electrons. The van der Waals surface area contributed by atoms with Gasteiger partial charge in [0.15, 0.2) is 0 Å². The highest BCUT2D eigenvalue weighted by molar-refractivity contribution is 5.91. The normalized spacial score (nSPS) is 17.8. The number of hydrogen-bond donors (Lipinski definition) is 3. The fourth-order valence-electron chi connectivity index (χ4n) is 3.86. The Morgan fingerprint density at radius 1 is 1.17 bits per heavy atom. The first-order valence-electron chi connectivity index (χ1n) is 10.1. The van der Waals surface area contributed by atoms with E-state index in [1.54, 1.807) is 16.5 Å². The zero-order valence-electron chi connectivity index (χ0n) is 16.5. The molecular weight excluding hydrogens is 372 g/mol. The molecule has 0 saturated carbocycles. The van der Waals surface area contributed by atoms with Crippen LogP contribution in [0.5, 0.6) is 0 Å². The number of anilines is 1. The van der Waals surface area contributed by atoms with Crippen LogP contribution in [0.3, 0.4) is 0 Å². The van der Waals surface area contributed by atoms with Crippen LogP contribution < -0.4 is 15.7 Å². The molecule has 2 heterocycles. The van der Waals surface area contributed by atoms with E-state index in [1.165, 1.54) is 6.08 Å². The summed E-state index contributed by atoms with van der Waals surface area (Å²) in [5.74, 6) is -0.423. The molecule has 2 fully saturated rings. The second-order valence-corrected chi connectivity index (χ2v) is 7.43. The third-order valence-electron chi connectivity index (χ3n) is 5.44. The first-order chi connectivity index (χ1) is 14.1. The van der Waals surface area contributed by atoms with Crippen molar-refractivity contribution < 1.29 is 19.6 Å². The van der Waals surface area contributed by atoms with Crippen molar-refractivity contribution in [3.63, 3.8) is 0 Å². The van der Waals surface area contributed by atoms with E-state index in [-0.39, 0.29) is 17.9 Å². The number of carbonyl (C=O) groups is 3. The molecule has 2 aliphatic heterocycles. The summed E-state index contributed by atoms with van der Waals surface area (Å²) in [6, 6.07) is 7.91. The molecule has 3 rings (SSSR count). The minimum atomic E-state index is -0.572. The van der Waals surface area contributed by atoms with Crippen molar-refractivity contribution in [1.29, 1.82) is 0 Å². The van der Waals surface area contributed by atoms with E-state index >= 15 is 0 Å². The van der Waals surface area contributed by atoms with Gasteiger partial charge in [0.25, 0.3) is 5.91 Å². The molecular formula is C21H28N4O4. The maximum Gasteiger partial charge on any atom is 0.267 e. The van der Waals surface area contributed by atoms with E-state index in [9.17, 15) is 14.4 Å². The summed E-state index contributed by atoms with van der Waals surface area (Å²) in [5, 5.41) is 11.7. The number of rotatable bonds is 7. The number of carbonyl (C=O) groups excluding carboxylic acids is 3. The number of hydrogen-bond acceptors (Lipinski definition) is 5. The summed E-state index contributed by atoms with van der Waals surface area (Å²) >= 11 is 0. The lowest BCUT2D eigenvalue weighted by atomic mass is 10.0. The molecule has 0 unspecified atom stereocenters. The third kappa shape index (κ3) is 5.80. The van der Waals surface area contributed by atoms with Crippen LogP contribution in [0.2, 0.25) is 0 Å². The monoisotopic (exact) mass is 400 g/mol. The minimum absolute atomic E-state index is 0.00139. The van der Waals surface area contributed by atoms with Crippen molar-refractivity contribution in [2.75, 3.05) is 31.1 Å². The van der Waals surface area contributed by atoms with Gasteiger partial charge >= 0.3 is 0 Å². The van der Waals surface area contributed by atoms with Gasteiger partial charge in [-0.1, -0.05) is 18.2 Å². The molecule has 8 nitrogen and oxygen atoms in total. The maximum absolute atomic E-state index is 12.2. The molecule has 1 aromatic rings.